The number of nitrogens with zero attached hydrogens (tertiary/aromatic N) is 2. The van der Waals surface area contributed by atoms with Gasteiger partial charge in [-0.25, -0.2) is 8.42 Å². The molecule has 0 aromatic heterocycles. The van der Waals surface area contributed by atoms with Gasteiger partial charge in [-0.15, -0.1) is 0 Å². The first-order valence-electron chi connectivity index (χ1n) is 8.81. The fourth-order valence-corrected chi connectivity index (χ4v) is 4.78. The van der Waals surface area contributed by atoms with Gasteiger partial charge >= 0.3 is 0 Å². The molecule has 1 aliphatic rings. The van der Waals surface area contributed by atoms with Crippen LogP contribution in [-0.2, 0) is 14.8 Å². The quantitative estimate of drug-likeness (QED) is 0.664. The number of hydrogen-bond acceptors (Lipinski definition) is 5. The number of rotatable bonds is 6. The summed E-state index contributed by atoms with van der Waals surface area (Å²) >= 11 is 11.9. The third-order valence-corrected chi connectivity index (χ3v) is 6.98. The Bertz CT molecular complexity index is 975. The summed E-state index contributed by atoms with van der Waals surface area (Å²) in [5.41, 5.74) is 0. The Labute approximate surface area is 179 Å². The van der Waals surface area contributed by atoms with Gasteiger partial charge in [0, 0.05) is 31.2 Å². The van der Waals surface area contributed by atoms with Crippen molar-refractivity contribution in [3.63, 3.8) is 0 Å². The Morgan fingerprint density at radius 3 is 2.28 bits per heavy atom. The van der Waals surface area contributed by atoms with Crippen LogP contribution in [0.1, 0.15) is 0 Å². The highest BCUT2D eigenvalue weighted by molar-refractivity contribution is 7.89. The van der Waals surface area contributed by atoms with E-state index < -0.39 is 10.0 Å². The van der Waals surface area contributed by atoms with Gasteiger partial charge in [-0.05, 0) is 42.5 Å². The van der Waals surface area contributed by atoms with E-state index in [2.05, 4.69) is 0 Å². The number of amides is 1. The summed E-state index contributed by atoms with van der Waals surface area (Å²) in [5.74, 6) is 0.711. The molecule has 1 amide bonds. The molecule has 2 aromatic rings. The fraction of sp³-hybridized carbons (Fsp3) is 0.316. The molecule has 0 saturated carbocycles. The molecule has 156 valence electrons. The van der Waals surface area contributed by atoms with Crippen LogP contribution in [0.5, 0.6) is 11.5 Å². The van der Waals surface area contributed by atoms with Crippen LogP contribution in [0.3, 0.4) is 0 Å². The minimum absolute atomic E-state index is 0.188. The zero-order valence-corrected chi connectivity index (χ0v) is 18.0. The number of ether oxygens (including phenoxy) is 2. The molecule has 0 bridgehead atoms. The summed E-state index contributed by atoms with van der Waals surface area (Å²) in [6.07, 6.45) is 0. The van der Waals surface area contributed by atoms with E-state index in [1.54, 1.807) is 29.2 Å². The Hall–Kier alpha value is -2.00. The van der Waals surface area contributed by atoms with Crippen LogP contribution in [0, 0.1) is 0 Å². The highest BCUT2D eigenvalue weighted by Crippen LogP contribution is 2.27. The van der Waals surface area contributed by atoms with Gasteiger partial charge in [-0.3, -0.25) is 4.79 Å². The smallest absolute Gasteiger partial charge is 0.260 e. The summed E-state index contributed by atoms with van der Waals surface area (Å²) in [5, 5.41) is 0.795. The van der Waals surface area contributed by atoms with Crippen molar-refractivity contribution < 1.29 is 22.7 Å². The molecule has 1 saturated heterocycles. The monoisotopic (exact) mass is 458 g/mol. The average molecular weight is 459 g/mol. The lowest BCUT2D eigenvalue weighted by molar-refractivity contribution is -0.134. The lowest BCUT2D eigenvalue weighted by Gasteiger charge is -2.34. The van der Waals surface area contributed by atoms with Crippen molar-refractivity contribution in [1.29, 1.82) is 0 Å². The first-order chi connectivity index (χ1) is 13.8. The third kappa shape index (κ3) is 5.14. The molecule has 1 heterocycles. The second-order valence-corrected chi connectivity index (χ2v) is 9.11. The van der Waals surface area contributed by atoms with Crippen molar-refractivity contribution in [2.24, 2.45) is 0 Å². The van der Waals surface area contributed by atoms with Crippen LogP contribution in [0.15, 0.2) is 47.4 Å². The summed E-state index contributed by atoms with van der Waals surface area (Å²) in [6, 6.07) is 11.0. The van der Waals surface area contributed by atoms with Crippen LogP contribution >= 0.6 is 23.2 Å². The Kier molecular flexibility index (Phi) is 6.89. The van der Waals surface area contributed by atoms with Gasteiger partial charge in [0.25, 0.3) is 5.91 Å². The van der Waals surface area contributed by atoms with E-state index in [0.29, 0.717) is 21.5 Å². The van der Waals surface area contributed by atoms with Crippen molar-refractivity contribution >= 4 is 39.1 Å². The van der Waals surface area contributed by atoms with Crippen molar-refractivity contribution in [3.8, 4) is 11.5 Å². The Balaban J connectivity index is 1.55. The zero-order valence-electron chi connectivity index (χ0n) is 15.7. The second-order valence-electron chi connectivity index (χ2n) is 6.32. The van der Waals surface area contributed by atoms with Gasteiger partial charge in [-0.1, -0.05) is 23.2 Å². The largest absolute Gasteiger partial charge is 0.497 e. The second kappa shape index (κ2) is 9.21. The standard InChI is InChI=1S/C19H20Cl2N2O5S/c1-27-15-3-5-16(6-4-15)29(25,26)23-10-8-22(9-11-23)19(24)13-28-18-7-2-14(20)12-17(18)21/h2-7,12H,8-11,13H2,1H3. The maximum atomic E-state index is 12.8. The summed E-state index contributed by atoms with van der Waals surface area (Å²) in [6.45, 7) is 0.800. The predicted octanol–water partition coefficient (Wildman–Crippen LogP) is 2.91. The molecule has 3 rings (SSSR count). The van der Waals surface area contributed by atoms with Gasteiger partial charge in [0.05, 0.1) is 17.0 Å². The lowest BCUT2D eigenvalue weighted by atomic mass is 10.3. The molecule has 0 spiro atoms. The molecule has 29 heavy (non-hydrogen) atoms. The molecular weight excluding hydrogens is 439 g/mol. The number of benzene rings is 2. The minimum Gasteiger partial charge on any atom is -0.497 e. The molecular formula is C19H20Cl2N2O5S. The van der Waals surface area contributed by atoms with E-state index in [9.17, 15) is 13.2 Å². The predicted molar refractivity (Wildman–Crippen MR) is 110 cm³/mol. The molecule has 2 aromatic carbocycles. The van der Waals surface area contributed by atoms with Gasteiger partial charge < -0.3 is 14.4 Å². The first-order valence-corrected chi connectivity index (χ1v) is 11.0. The maximum absolute atomic E-state index is 12.8. The van der Waals surface area contributed by atoms with E-state index in [1.165, 1.54) is 29.6 Å². The average Bonchev–Trinajstić information content (AvgIpc) is 2.73. The molecule has 0 unspecified atom stereocenters. The highest BCUT2D eigenvalue weighted by Gasteiger charge is 2.30. The third-order valence-electron chi connectivity index (χ3n) is 4.53. The number of carbonyl (C=O) groups is 1. The van der Waals surface area contributed by atoms with Gasteiger partial charge in [0.2, 0.25) is 10.0 Å². The van der Waals surface area contributed by atoms with Crippen molar-refractivity contribution in [3.05, 3.63) is 52.5 Å². The van der Waals surface area contributed by atoms with Gasteiger partial charge in [-0.2, -0.15) is 4.31 Å². The minimum atomic E-state index is -3.62. The van der Waals surface area contributed by atoms with Crippen LogP contribution in [0.25, 0.3) is 0 Å². The molecule has 0 atom stereocenters. The topological polar surface area (TPSA) is 76.2 Å². The Morgan fingerprint density at radius 1 is 1.03 bits per heavy atom. The molecule has 10 heteroatoms. The SMILES string of the molecule is COc1ccc(S(=O)(=O)N2CCN(C(=O)COc3ccc(Cl)cc3Cl)CC2)cc1. The van der Waals surface area contributed by atoms with E-state index in [-0.39, 0.29) is 43.6 Å². The molecule has 1 fully saturated rings. The van der Waals surface area contributed by atoms with Gasteiger partial charge in [0.15, 0.2) is 6.61 Å². The molecule has 0 radical (unpaired) electrons. The van der Waals surface area contributed by atoms with Gasteiger partial charge in [0.1, 0.15) is 11.5 Å². The van der Waals surface area contributed by atoms with Crippen LogP contribution in [0.2, 0.25) is 10.0 Å². The van der Waals surface area contributed by atoms with Crippen LogP contribution < -0.4 is 9.47 Å². The number of methoxy groups -OCH3 is 1. The number of carbonyl (C=O) groups excluding carboxylic acids is 1. The molecule has 0 N–H and O–H groups in total. The highest BCUT2D eigenvalue weighted by atomic mass is 35.5. The first kappa shape index (κ1) is 21.7. The Morgan fingerprint density at radius 2 is 1.69 bits per heavy atom. The van der Waals surface area contributed by atoms with E-state index in [4.69, 9.17) is 32.7 Å². The normalized spacial score (nSPS) is 15.2. The van der Waals surface area contributed by atoms with Crippen LogP contribution in [-0.4, -0.2) is 63.4 Å². The van der Waals surface area contributed by atoms with E-state index >= 15 is 0 Å². The summed E-state index contributed by atoms with van der Waals surface area (Å²) in [7, 11) is -2.10. The number of hydrogen-bond donors (Lipinski definition) is 0. The number of sulfonamides is 1. The van der Waals surface area contributed by atoms with Crippen molar-refractivity contribution in [1.82, 2.24) is 9.21 Å². The fourth-order valence-electron chi connectivity index (χ4n) is 2.90. The van der Waals surface area contributed by atoms with E-state index in [1.807, 2.05) is 0 Å². The van der Waals surface area contributed by atoms with Crippen molar-refractivity contribution in [2.75, 3.05) is 39.9 Å². The lowest BCUT2D eigenvalue weighted by Crippen LogP contribution is -2.51. The summed E-state index contributed by atoms with van der Waals surface area (Å²) in [4.78, 5) is 14.2. The summed E-state index contributed by atoms with van der Waals surface area (Å²) < 4.78 is 37.4. The molecule has 1 aliphatic heterocycles. The van der Waals surface area contributed by atoms with Crippen molar-refractivity contribution in [2.45, 2.75) is 4.90 Å². The van der Waals surface area contributed by atoms with Crippen LogP contribution in [0.4, 0.5) is 0 Å². The zero-order chi connectivity index (χ0) is 21.0. The molecule has 0 aliphatic carbocycles. The maximum Gasteiger partial charge on any atom is 0.260 e. The number of halogens is 2. The van der Waals surface area contributed by atoms with E-state index in [0.717, 1.165) is 0 Å². The number of piperazine rings is 1. The molecule has 7 nitrogen and oxygen atoms in total.